The van der Waals surface area contributed by atoms with E-state index in [2.05, 4.69) is 15.5 Å². The van der Waals surface area contributed by atoms with Gasteiger partial charge in [-0.05, 0) is 64.9 Å². The van der Waals surface area contributed by atoms with E-state index in [9.17, 15) is 32.2 Å². The summed E-state index contributed by atoms with van der Waals surface area (Å²) in [6.07, 6.45) is -6.77. The van der Waals surface area contributed by atoms with Gasteiger partial charge in [-0.25, -0.2) is 22.2 Å². The van der Waals surface area contributed by atoms with Crippen LogP contribution in [0, 0.1) is 17.0 Å². The second kappa shape index (κ2) is 9.15. The minimum atomic E-state index is -4.53. The Labute approximate surface area is 217 Å². The Kier molecular flexibility index (Phi) is 6.41. The predicted molar refractivity (Wildman–Crippen MR) is 120 cm³/mol. The fraction of sp³-hybridized carbons (Fsp3) is 0.480. The average molecular weight is 560 g/mol. The van der Waals surface area contributed by atoms with Gasteiger partial charge in [0.2, 0.25) is 0 Å². The molecule has 3 aromatic rings. The molecule has 2 N–H and O–H groups in total. The lowest BCUT2D eigenvalue weighted by molar-refractivity contribution is -0.347. The van der Waals surface area contributed by atoms with Gasteiger partial charge in [-0.15, -0.1) is 5.10 Å². The number of ether oxygens (including phenoxy) is 1. The summed E-state index contributed by atoms with van der Waals surface area (Å²) in [4.78, 5) is 0. The van der Waals surface area contributed by atoms with E-state index in [0.29, 0.717) is 11.6 Å². The molecular formula is C25H23F7N4O3. The Morgan fingerprint density at radius 1 is 1.00 bits per heavy atom. The van der Waals surface area contributed by atoms with Gasteiger partial charge in [0.15, 0.2) is 5.60 Å². The van der Waals surface area contributed by atoms with Crippen LogP contribution < -0.4 is 4.74 Å². The third-order valence-corrected chi connectivity index (χ3v) is 7.75. The molecule has 6 rings (SSSR count). The molecule has 0 unspecified atom stereocenters. The number of rotatable bonds is 10. The summed E-state index contributed by atoms with van der Waals surface area (Å²) in [6.45, 7) is -1.45. The maximum atomic E-state index is 16.2. The maximum absolute atomic E-state index is 16.2. The number of halogens is 7. The van der Waals surface area contributed by atoms with Crippen molar-refractivity contribution in [2.24, 2.45) is 5.41 Å². The Morgan fingerprint density at radius 2 is 1.67 bits per heavy atom. The maximum Gasteiger partial charge on any atom is 0.391 e. The standard InChI is InChI=1S/C25H23F7N4O3/c26-16-3-6-19(20(27)7-16)23(38,13-36-14-33-34-35-36)25(31,32)22-10-21(11-22,12-22)15-1-4-18(5-2-15)39-9-17(37)8-24(28,29)30/h1-7,14,17,37-38H,8-13H2/t17-,21?,22?,23+/m0/s1. The Bertz CT molecular complexity index is 1310. The summed E-state index contributed by atoms with van der Waals surface area (Å²) in [5, 5.41) is 31.1. The molecule has 210 valence electrons. The van der Waals surface area contributed by atoms with Crippen LogP contribution in [-0.2, 0) is 17.6 Å². The van der Waals surface area contributed by atoms with Gasteiger partial charge in [0.25, 0.3) is 5.92 Å². The van der Waals surface area contributed by atoms with E-state index >= 15 is 8.78 Å². The highest BCUT2D eigenvalue weighted by atomic mass is 19.4. The van der Waals surface area contributed by atoms with Crippen molar-refractivity contribution in [1.29, 1.82) is 0 Å². The molecule has 3 aliphatic carbocycles. The van der Waals surface area contributed by atoms with Crippen LogP contribution in [0.4, 0.5) is 30.7 Å². The average Bonchev–Trinajstić information content (AvgIpc) is 3.28. The summed E-state index contributed by atoms with van der Waals surface area (Å²) in [7, 11) is 0. The Hall–Kier alpha value is -3.26. The SMILES string of the molecule is O[C@H](COc1ccc(C23CC(C(F)(F)[C@@](O)(Cn4cnnn4)c4ccc(F)cc4F)(C2)C3)cc1)CC(F)(F)F. The van der Waals surface area contributed by atoms with Crippen LogP contribution in [0.1, 0.15) is 36.8 Å². The third kappa shape index (κ3) is 4.62. The topological polar surface area (TPSA) is 93.3 Å². The van der Waals surface area contributed by atoms with E-state index in [1.807, 2.05) is 0 Å². The van der Waals surface area contributed by atoms with Crippen molar-refractivity contribution in [2.75, 3.05) is 6.61 Å². The first-order valence-corrected chi connectivity index (χ1v) is 11.9. The second-order valence-corrected chi connectivity index (χ2v) is 10.5. The summed E-state index contributed by atoms with van der Waals surface area (Å²) in [5.74, 6) is -5.99. The highest BCUT2D eigenvalue weighted by Crippen LogP contribution is 2.80. The van der Waals surface area contributed by atoms with E-state index < -0.39 is 71.4 Å². The van der Waals surface area contributed by atoms with Gasteiger partial charge in [0.1, 0.15) is 30.3 Å². The molecule has 3 saturated carbocycles. The molecule has 0 radical (unpaired) electrons. The molecule has 0 amide bonds. The molecule has 1 heterocycles. The van der Waals surface area contributed by atoms with Crippen molar-refractivity contribution in [3.63, 3.8) is 0 Å². The number of aliphatic hydroxyl groups excluding tert-OH is 1. The van der Waals surface area contributed by atoms with Crippen molar-refractivity contribution in [2.45, 2.75) is 61.4 Å². The van der Waals surface area contributed by atoms with Crippen molar-refractivity contribution in [1.82, 2.24) is 20.2 Å². The normalized spacial score (nSPS) is 24.8. The number of aromatic nitrogens is 4. The van der Waals surface area contributed by atoms with Crippen LogP contribution >= 0.6 is 0 Å². The molecule has 2 bridgehead atoms. The van der Waals surface area contributed by atoms with Crippen LogP contribution in [0.5, 0.6) is 5.75 Å². The van der Waals surface area contributed by atoms with Crippen LogP contribution in [0.25, 0.3) is 0 Å². The lowest BCUT2D eigenvalue weighted by Gasteiger charge is -2.74. The minimum Gasteiger partial charge on any atom is -0.491 e. The zero-order valence-electron chi connectivity index (χ0n) is 20.2. The predicted octanol–water partition coefficient (Wildman–Crippen LogP) is 4.29. The lowest BCUT2D eigenvalue weighted by atomic mass is 9.30. The first-order valence-electron chi connectivity index (χ1n) is 11.9. The van der Waals surface area contributed by atoms with Crippen molar-refractivity contribution in [3.8, 4) is 5.75 Å². The molecule has 3 aliphatic rings. The first kappa shape index (κ1) is 27.3. The highest BCUT2D eigenvalue weighted by molar-refractivity contribution is 5.44. The van der Waals surface area contributed by atoms with Crippen LogP contribution in [0.2, 0.25) is 0 Å². The van der Waals surface area contributed by atoms with Crippen molar-refractivity contribution >= 4 is 0 Å². The monoisotopic (exact) mass is 560 g/mol. The number of hydrogen-bond donors (Lipinski definition) is 2. The van der Waals surface area contributed by atoms with E-state index in [4.69, 9.17) is 4.74 Å². The number of tetrazole rings is 1. The van der Waals surface area contributed by atoms with Gasteiger partial charge in [0, 0.05) is 17.0 Å². The molecule has 39 heavy (non-hydrogen) atoms. The minimum absolute atomic E-state index is 0.0295. The number of nitrogens with zero attached hydrogens (tertiary/aromatic N) is 4. The van der Waals surface area contributed by atoms with E-state index in [1.165, 1.54) is 12.1 Å². The fourth-order valence-corrected chi connectivity index (χ4v) is 5.95. The molecule has 14 heteroatoms. The Balaban J connectivity index is 1.32. The van der Waals surface area contributed by atoms with Gasteiger partial charge < -0.3 is 14.9 Å². The number of hydrogen-bond acceptors (Lipinski definition) is 6. The van der Waals surface area contributed by atoms with Crippen LogP contribution in [-0.4, -0.2) is 55.2 Å². The highest BCUT2D eigenvalue weighted by Gasteiger charge is 2.82. The number of aliphatic hydroxyl groups is 2. The molecule has 2 aromatic carbocycles. The summed E-state index contributed by atoms with van der Waals surface area (Å²) in [6, 6.07) is 8.17. The van der Waals surface area contributed by atoms with E-state index in [-0.39, 0.29) is 25.0 Å². The largest absolute Gasteiger partial charge is 0.491 e. The van der Waals surface area contributed by atoms with Gasteiger partial charge in [0.05, 0.1) is 19.1 Å². The van der Waals surface area contributed by atoms with Crippen molar-refractivity contribution < 1.29 is 45.7 Å². The zero-order chi connectivity index (χ0) is 28.3. The molecular weight excluding hydrogens is 537 g/mol. The molecule has 0 saturated heterocycles. The summed E-state index contributed by atoms with van der Waals surface area (Å²) in [5.41, 5.74) is -5.48. The summed E-state index contributed by atoms with van der Waals surface area (Å²) >= 11 is 0. The summed E-state index contributed by atoms with van der Waals surface area (Å²) < 4.78 is 104. The van der Waals surface area contributed by atoms with Gasteiger partial charge in [-0.3, -0.25) is 0 Å². The van der Waals surface area contributed by atoms with E-state index in [1.54, 1.807) is 12.1 Å². The molecule has 0 spiro atoms. The molecule has 0 aliphatic heterocycles. The van der Waals surface area contributed by atoms with Gasteiger partial charge in [-0.1, -0.05) is 12.1 Å². The van der Waals surface area contributed by atoms with Crippen LogP contribution in [0.3, 0.4) is 0 Å². The first-order chi connectivity index (χ1) is 18.2. The lowest BCUT2D eigenvalue weighted by Crippen LogP contribution is -2.76. The third-order valence-electron chi connectivity index (χ3n) is 7.75. The smallest absolute Gasteiger partial charge is 0.391 e. The number of alkyl halides is 5. The fourth-order valence-electron chi connectivity index (χ4n) is 5.95. The molecule has 1 aromatic heterocycles. The van der Waals surface area contributed by atoms with Gasteiger partial charge >= 0.3 is 6.18 Å². The Morgan fingerprint density at radius 3 is 2.23 bits per heavy atom. The van der Waals surface area contributed by atoms with Crippen molar-refractivity contribution in [3.05, 3.63) is 71.6 Å². The quantitative estimate of drug-likeness (QED) is 0.360. The molecule has 7 nitrogen and oxygen atoms in total. The molecule has 2 atom stereocenters. The zero-order valence-corrected chi connectivity index (χ0v) is 20.2. The molecule has 3 fully saturated rings. The number of benzene rings is 2. The van der Waals surface area contributed by atoms with Gasteiger partial charge in [-0.2, -0.15) is 13.2 Å². The van der Waals surface area contributed by atoms with Crippen LogP contribution in [0.15, 0.2) is 48.8 Å². The second-order valence-electron chi connectivity index (χ2n) is 10.5. The van der Waals surface area contributed by atoms with E-state index in [0.717, 1.165) is 23.1 Å².